The molecule has 1 heterocycles. The Hall–Kier alpha value is -1.15. The molecular formula is C17H25ClN2O4S. The molecule has 6 nitrogen and oxygen atoms in total. The number of amides is 1. The van der Waals surface area contributed by atoms with Gasteiger partial charge in [-0.25, -0.2) is 8.42 Å². The molecule has 2 atom stereocenters. The van der Waals surface area contributed by atoms with Gasteiger partial charge in [-0.15, -0.1) is 0 Å². The van der Waals surface area contributed by atoms with E-state index < -0.39 is 10.0 Å². The molecule has 140 valence electrons. The van der Waals surface area contributed by atoms with Crippen molar-refractivity contribution in [3.8, 4) is 0 Å². The third kappa shape index (κ3) is 4.34. The fourth-order valence-corrected chi connectivity index (χ4v) is 5.02. The van der Waals surface area contributed by atoms with E-state index in [4.69, 9.17) is 16.3 Å². The second kappa shape index (κ2) is 8.03. The second-order valence-corrected chi connectivity index (χ2v) is 8.52. The fourth-order valence-electron chi connectivity index (χ4n) is 3.06. The molecule has 2 rings (SSSR count). The van der Waals surface area contributed by atoms with Crippen LogP contribution in [-0.4, -0.2) is 61.9 Å². The van der Waals surface area contributed by atoms with Gasteiger partial charge in [-0.2, -0.15) is 4.31 Å². The SMILES string of the molecule is CCN(CC)S(=O)(=O)c1cc(C(=O)N2CC(C)OC(C)C2)ccc1Cl. The highest BCUT2D eigenvalue weighted by molar-refractivity contribution is 7.89. The highest BCUT2D eigenvalue weighted by Gasteiger charge is 2.29. The number of hydrogen-bond acceptors (Lipinski definition) is 4. The topological polar surface area (TPSA) is 66.9 Å². The zero-order valence-corrected chi connectivity index (χ0v) is 16.6. The molecule has 0 N–H and O–H groups in total. The normalized spacial score (nSPS) is 21.6. The zero-order chi connectivity index (χ0) is 18.8. The molecule has 0 aromatic heterocycles. The molecule has 0 saturated carbocycles. The quantitative estimate of drug-likeness (QED) is 0.777. The van der Waals surface area contributed by atoms with Gasteiger partial charge >= 0.3 is 0 Å². The summed E-state index contributed by atoms with van der Waals surface area (Å²) in [4.78, 5) is 14.5. The van der Waals surface area contributed by atoms with E-state index in [1.807, 2.05) is 13.8 Å². The molecule has 0 radical (unpaired) electrons. The number of hydrogen-bond donors (Lipinski definition) is 0. The minimum Gasteiger partial charge on any atom is -0.372 e. The molecule has 0 spiro atoms. The summed E-state index contributed by atoms with van der Waals surface area (Å²) < 4.78 is 32.5. The monoisotopic (exact) mass is 388 g/mol. The standard InChI is InChI=1S/C17H25ClN2O4S/c1-5-20(6-2)25(22,23)16-9-14(7-8-15(16)18)17(21)19-10-12(3)24-13(4)11-19/h7-9,12-13H,5-6,10-11H2,1-4H3. The Labute approximate surface area is 154 Å². The Balaban J connectivity index is 2.37. The van der Waals surface area contributed by atoms with Crippen molar-refractivity contribution >= 4 is 27.5 Å². The van der Waals surface area contributed by atoms with Crippen LogP contribution < -0.4 is 0 Å². The molecular weight excluding hydrogens is 364 g/mol. The third-order valence-electron chi connectivity index (χ3n) is 4.21. The van der Waals surface area contributed by atoms with Crippen molar-refractivity contribution in [2.45, 2.75) is 44.8 Å². The Morgan fingerprint density at radius 3 is 2.32 bits per heavy atom. The van der Waals surface area contributed by atoms with Gasteiger partial charge in [0, 0.05) is 31.7 Å². The van der Waals surface area contributed by atoms with Crippen LogP contribution in [0.2, 0.25) is 5.02 Å². The number of rotatable bonds is 5. The van der Waals surface area contributed by atoms with E-state index >= 15 is 0 Å². The molecule has 1 saturated heterocycles. The van der Waals surface area contributed by atoms with Crippen LogP contribution in [0.25, 0.3) is 0 Å². The van der Waals surface area contributed by atoms with Gasteiger partial charge in [0.25, 0.3) is 5.91 Å². The maximum absolute atomic E-state index is 12.8. The average Bonchev–Trinajstić information content (AvgIpc) is 2.54. The zero-order valence-electron chi connectivity index (χ0n) is 15.0. The number of carbonyl (C=O) groups is 1. The van der Waals surface area contributed by atoms with Crippen LogP contribution in [0.1, 0.15) is 38.1 Å². The molecule has 2 unspecified atom stereocenters. The predicted molar refractivity (Wildman–Crippen MR) is 97.5 cm³/mol. The van der Waals surface area contributed by atoms with Crippen LogP contribution in [0.5, 0.6) is 0 Å². The van der Waals surface area contributed by atoms with E-state index in [0.717, 1.165) is 0 Å². The lowest BCUT2D eigenvalue weighted by molar-refractivity contribution is -0.0586. The maximum Gasteiger partial charge on any atom is 0.254 e. The molecule has 0 bridgehead atoms. The molecule has 1 aromatic rings. The van der Waals surface area contributed by atoms with E-state index in [-0.39, 0.29) is 28.0 Å². The molecule has 8 heteroatoms. The van der Waals surface area contributed by atoms with Gasteiger partial charge in [-0.05, 0) is 32.0 Å². The Kier molecular flexibility index (Phi) is 6.48. The largest absolute Gasteiger partial charge is 0.372 e. The highest BCUT2D eigenvalue weighted by Crippen LogP contribution is 2.27. The van der Waals surface area contributed by atoms with Crippen molar-refractivity contribution in [3.05, 3.63) is 28.8 Å². The second-order valence-electron chi connectivity index (χ2n) is 6.20. The van der Waals surface area contributed by atoms with Gasteiger partial charge in [-0.3, -0.25) is 4.79 Å². The first kappa shape index (κ1) is 20.2. The van der Waals surface area contributed by atoms with Crippen molar-refractivity contribution in [2.24, 2.45) is 0 Å². The summed E-state index contributed by atoms with van der Waals surface area (Å²) in [5, 5.41) is 0.118. The summed E-state index contributed by atoms with van der Waals surface area (Å²) in [6.07, 6.45) is -0.113. The van der Waals surface area contributed by atoms with E-state index in [1.54, 1.807) is 24.8 Å². The van der Waals surface area contributed by atoms with Crippen LogP contribution in [-0.2, 0) is 14.8 Å². The number of halogens is 1. The molecule has 25 heavy (non-hydrogen) atoms. The number of ether oxygens (including phenoxy) is 1. The predicted octanol–water partition coefficient (Wildman–Crippen LogP) is 2.62. The number of carbonyl (C=O) groups excluding carboxylic acids is 1. The number of sulfonamides is 1. The van der Waals surface area contributed by atoms with E-state index in [9.17, 15) is 13.2 Å². The minimum absolute atomic E-state index is 0.0296. The van der Waals surface area contributed by atoms with Crippen molar-refractivity contribution in [1.82, 2.24) is 9.21 Å². The minimum atomic E-state index is -3.73. The van der Waals surface area contributed by atoms with Crippen molar-refractivity contribution in [3.63, 3.8) is 0 Å². The van der Waals surface area contributed by atoms with Crippen LogP contribution in [0.15, 0.2) is 23.1 Å². The van der Waals surface area contributed by atoms with Gasteiger partial charge < -0.3 is 9.64 Å². The average molecular weight is 389 g/mol. The van der Waals surface area contributed by atoms with Crippen molar-refractivity contribution < 1.29 is 17.9 Å². The lowest BCUT2D eigenvalue weighted by Crippen LogP contribution is -2.48. The van der Waals surface area contributed by atoms with E-state index in [0.29, 0.717) is 31.7 Å². The lowest BCUT2D eigenvalue weighted by atomic mass is 10.1. The highest BCUT2D eigenvalue weighted by atomic mass is 35.5. The van der Waals surface area contributed by atoms with Gasteiger partial charge in [-0.1, -0.05) is 25.4 Å². The first-order valence-corrected chi connectivity index (χ1v) is 10.3. The van der Waals surface area contributed by atoms with Crippen LogP contribution >= 0.6 is 11.6 Å². The molecule has 1 aliphatic heterocycles. The molecule has 1 aromatic carbocycles. The molecule has 1 aliphatic rings. The third-order valence-corrected chi connectivity index (χ3v) is 6.74. The van der Waals surface area contributed by atoms with Gasteiger partial charge in [0.15, 0.2) is 0 Å². The fraction of sp³-hybridized carbons (Fsp3) is 0.588. The van der Waals surface area contributed by atoms with Crippen LogP contribution in [0, 0.1) is 0 Å². The molecule has 1 fully saturated rings. The maximum atomic E-state index is 12.8. The summed E-state index contributed by atoms with van der Waals surface area (Å²) in [6, 6.07) is 4.41. The Morgan fingerprint density at radius 1 is 1.24 bits per heavy atom. The number of nitrogens with zero attached hydrogens (tertiary/aromatic N) is 2. The Bertz CT molecular complexity index is 724. The van der Waals surface area contributed by atoms with Crippen LogP contribution in [0.4, 0.5) is 0 Å². The van der Waals surface area contributed by atoms with E-state index in [1.165, 1.54) is 16.4 Å². The first-order valence-electron chi connectivity index (χ1n) is 8.45. The molecule has 0 aliphatic carbocycles. The summed E-state index contributed by atoms with van der Waals surface area (Å²) in [5.74, 6) is -0.213. The summed E-state index contributed by atoms with van der Waals surface area (Å²) >= 11 is 6.12. The van der Waals surface area contributed by atoms with Gasteiger partial charge in [0.2, 0.25) is 10.0 Å². The van der Waals surface area contributed by atoms with E-state index in [2.05, 4.69) is 0 Å². The summed E-state index contributed by atoms with van der Waals surface area (Å²) in [5.41, 5.74) is 0.316. The summed E-state index contributed by atoms with van der Waals surface area (Å²) in [6.45, 7) is 8.98. The molecule has 1 amide bonds. The lowest BCUT2D eigenvalue weighted by Gasteiger charge is -2.35. The van der Waals surface area contributed by atoms with Gasteiger partial charge in [0.05, 0.1) is 17.2 Å². The number of benzene rings is 1. The van der Waals surface area contributed by atoms with Crippen molar-refractivity contribution in [2.75, 3.05) is 26.2 Å². The van der Waals surface area contributed by atoms with Gasteiger partial charge in [0.1, 0.15) is 4.90 Å². The number of morpholine rings is 1. The summed E-state index contributed by atoms with van der Waals surface area (Å²) in [7, 11) is -3.73. The first-order chi connectivity index (χ1) is 11.7. The smallest absolute Gasteiger partial charge is 0.254 e. The van der Waals surface area contributed by atoms with Crippen LogP contribution in [0.3, 0.4) is 0 Å². The van der Waals surface area contributed by atoms with Crippen molar-refractivity contribution in [1.29, 1.82) is 0 Å². The Morgan fingerprint density at radius 2 is 1.80 bits per heavy atom.